The Balaban J connectivity index is 1.15. The Hall–Kier alpha value is -3.10. The van der Waals surface area contributed by atoms with Gasteiger partial charge in [-0.2, -0.15) is 0 Å². The number of carbonyl (C=O) groups is 2. The van der Waals surface area contributed by atoms with E-state index in [1.54, 1.807) is 6.07 Å². The molecule has 0 unspecified atom stereocenters. The van der Waals surface area contributed by atoms with Gasteiger partial charge < -0.3 is 21.7 Å². The number of rotatable bonds is 6. The fourth-order valence-corrected chi connectivity index (χ4v) is 4.93. The van der Waals surface area contributed by atoms with Gasteiger partial charge in [-0.1, -0.05) is 18.2 Å². The van der Waals surface area contributed by atoms with E-state index >= 15 is 0 Å². The first kappa shape index (κ1) is 19.8. The van der Waals surface area contributed by atoms with Crippen molar-refractivity contribution in [2.24, 2.45) is 16.6 Å². The molecule has 0 saturated heterocycles. The van der Waals surface area contributed by atoms with Crippen LogP contribution in [0.25, 0.3) is 5.57 Å². The summed E-state index contributed by atoms with van der Waals surface area (Å²) in [6, 6.07) is 11.2. The van der Waals surface area contributed by atoms with Crippen LogP contribution in [0.3, 0.4) is 0 Å². The van der Waals surface area contributed by atoms with Gasteiger partial charge in [0.25, 0.3) is 0 Å². The zero-order valence-corrected chi connectivity index (χ0v) is 17.3. The maximum Gasteiger partial charge on any atom is 0.231 e. The third-order valence-corrected chi connectivity index (χ3v) is 6.74. The van der Waals surface area contributed by atoms with Crippen LogP contribution in [0.5, 0.6) is 0 Å². The van der Waals surface area contributed by atoms with Gasteiger partial charge in [-0.15, -0.1) is 10.2 Å². The van der Waals surface area contributed by atoms with Crippen molar-refractivity contribution in [2.45, 2.75) is 32.2 Å². The second kappa shape index (κ2) is 7.55. The van der Waals surface area contributed by atoms with Crippen LogP contribution in [-0.4, -0.2) is 35.1 Å². The van der Waals surface area contributed by atoms with Crippen LogP contribution in [0.2, 0.25) is 0 Å². The molecular weight excluding hydrogens is 392 g/mol. The van der Waals surface area contributed by atoms with E-state index < -0.39 is 10.8 Å². The molecule has 2 heterocycles. The summed E-state index contributed by atoms with van der Waals surface area (Å²) < 4.78 is 0. The fraction of sp³-hybridized carbons (Fsp3) is 0.391. The van der Waals surface area contributed by atoms with Crippen molar-refractivity contribution < 1.29 is 9.59 Å². The maximum atomic E-state index is 12.8. The minimum absolute atomic E-state index is 0.0120. The first-order chi connectivity index (χ1) is 15.0. The molecule has 3 aliphatic carbocycles. The molecule has 0 spiro atoms. The average molecular weight is 419 g/mol. The summed E-state index contributed by atoms with van der Waals surface area (Å²) in [7, 11) is 0. The van der Waals surface area contributed by atoms with Gasteiger partial charge in [0.15, 0.2) is 5.82 Å². The molecule has 1 aromatic heterocycles. The summed E-state index contributed by atoms with van der Waals surface area (Å²) in [5.41, 5.74) is 8.51. The minimum Gasteiger partial charge on any atom is -0.326 e. The minimum atomic E-state index is -0.460. The largest absolute Gasteiger partial charge is 0.326 e. The summed E-state index contributed by atoms with van der Waals surface area (Å²) >= 11 is 0. The molecule has 4 aliphatic rings. The molecule has 8 nitrogen and oxygen atoms in total. The zero-order chi connectivity index (χ0) is 21.5. The van der Waals surface area contributed by atoms with Gasteiger partial charge in [-0.05, 0) is 67.6 Å². The third-order valence-electron chi connectivity index (χ3n) is 6.74. The van der Waals surface area contributed by atoms with Gasteiger partial charge in [-0.3, -0.25) is 9.59 Å². The second-order valence-electron chi connectivity index (χ2n) is 8.89. The molecule has 0 radical (unpaired) electrons. The number of anilines is 2. The highest BCUT2D eigenvalue weighted by Gasteiger charge is 2.74. The zero-order valence-electron chi connectivity index (χ0n) is 17.3. The lowest BCUT2D eigenvalue weighted by Gasteiger charge is -2.67. The highest BCUT2D eigenvalue weighted by atomic mass is 16.2. The van der Waals surface area contributed by atoms with E-state index in [0.717, 1.165) is 36.5 Å². The van der Waals surface area contributed by atoms with Crippen LogP contribution in [-0.2, 0) is 16.1 Å². The molecule has 31 heavy (non-hydrogen) atoms. The smallest absolute Gasteiger partial charge is 0.231 e. The third kappa shape index (κ3) is 3.51. The predicted molar refractivity (Wildman–Crippen MR) is 118 cm³/mol. The van der Waals surface area contributed by atoms with Crippen LogP contribution >= 0.6 is 0 Å². The molecule has 8 heteroatoms. The highest BCUT2D eigenvalue weighted by molar-refractivity contribution is 6.05. The van der Waals surface area contributed by atoms with E-state index in [1.807, 2.05) is 30.3 Å². The Morgan fingerprint density at radius 2 is 1.68 bits per heavy atom. The molecule has 1 aromatic carbocycles. The number of amides is 2. The first-order valence-corrected chi connectivity index (χ1v) is 10.7. The Morgan fingerprint density at radius 3 is 2.26 bits per heavy atom. The van der Waals surface area contributed by atoms with Crippen LogP contribution in [0.4, 0.5) is 11.5 Å². The Morgan fingerprint density at radius 1 is 0.968 bits per heavy atom. The number of nitrogens with one attached hydrogen (secondary N) is 3. The number of hydrogen-bond donors (Lipinski definition) is 4. The average Bonchev–Trinajstić information content (AvgIpc) is 2.73. The lowest BCUT2D eigenvalue weighted by Crippen LogP contribution is -2.70. The highest BCUT2D eigenvalue weighted by Crippen LogP contribution is 2.73. The summed E-state index contributed by atoms with van der Waals surface area (Å²) in [5, 5.41) is 17.6. The Kier molecular flexibility index (Phi) is 4.83. The van der Waals surface area contributed by atoms with Gasteiger partial charge in [0, 0.05) is 18.8 Å². The molecule has 3 fully saturated rings. The van der Waals surface area contributed by atoms with Crippen LogP contribution in [0, 0.1) is 10.8 Å². The van der Waals surface area contributed by atoms with Gasteiger partial charge in [-0.25, -0.2) is 0 Å². The molecule has 1 aliphatic heterocycles. The predicted octanol–water partition coefficient (Wildman–Crippen LogP) is 2.06. The molecule has 5 N–H and O–H groups in total. The molecule has 0 atom stereocenters. The summed E-state index contributed by atoms with van der Waals surface area (Å²) in [6.07, 6.45) is 4.76. The number of benzene rings is 1. The Labute approximate surface area is 180 Å². The molecular formula is C23H26N6O2. The molecule has 2 bridgehead atoms. The molecule has 6 rings (SSSR count). The first-order valence-electron chi connectivity index (χ1n) is 10.7. The molecule has 3 saturated carbocycles. The van der Waals surface area contributed by atoms with Crippen LogP contribution < -0.4 is 21.7 Å². The van der Waals surface area contributed by atoms with Gasteiger partial charge >= 0.3 is 0 Å². The van der Waals surface area contributed by atoms with E-state index in [4.69, 9.17) is 5.73 Å². The maximum absolute atomic E-state index is 12.8. The SMILES string of the molecule is NCc1ccc(NC(=O)C23CC(C(=O)Nc4ccc(C5=CCNCC5)nn4)(C2)C3)cc1. The quantitative estimate of drug-likeness (QED) is 0.570. The molecule has 2 amide bonds. The van der Waals surface area contributed by atoms with E-state index in [1.165, 1.54) is 5.57 Å². The topological polar surface area (TPSA) is 122 Å². The van der Waals surface area contributed by atoms with Crippen molar-refractivity contribution in [1.82, 2.24) is 15.5 Å². The van der Waals surface area contributed by atoms with Crippen molar-refractivity contribution in [3.05, 3.63) is 53.7 Å². The summed E-state index contributed by atoms with van der Waals surface area (Å²) in [5.74, 6) is 0.367. The van der Waals surface area contributed by atoms with Gasteiger partial charge in [0.05, 0.1) is 16.5 Å². The second-order valence-corrected chi connectivity index (χ2v) is 8.89. The van der Waals surface area contributed by atoms with Gasteiger partial charge in [0.1, 0.15) is 0 Å². The van der Waals surface area contributed by atoms with E-state index in [-0.39, 0.29) is 11.8 Å². The molecule has 160 valence electrons. The van der Waals surface area contributed by atoms with Crippen molar-refractivity contribution in [2.75, 3.05) is 23.7 Å². The van der Waals surface area contributed by atoms with E-state index in [0.29, 0.717) is 31.6 Å². The van der Waals surface area contributed by atoms with Crippen molar-refractivity contribution in [1.29, 1.82) is 0 Å². The number of carbonyl (C=O) groups excluding carboxylic acids is 2. The standard InChI is InChI=1S/C23H26N6O2/c24-11-15-1-3-17(4-2-15)26-20(30)22-12-23(13-22,14-22)21(31)27-19-6-5-18(28-29-19)16-7-9-25-10-8-16/h1-7,25H,8-14,24H2,(H,26,30)(H,27,29,31). The van der Waals surface area contributed by atoms with Crippen molar-refractivity contribution >= 4 is 28.9 Å². The normalized spacial score (nSPS) is 26.2. The molecule has 2 aromatic rings. The fourth-order valence-electron chi connectivity index (χ4n) is 4.93. The van der Waals surface area contributed by atoms with Crippen molar-refractivity contribution in [3.63, 3.8) is 0 Å². The number of nitrogens with zero attached hydrogens (tertiary/aromatic N) is 2. The monoisotopic (exact) mass is 418 g/mol. The van der Waals surface area contributed by atoms with Crippen molar-refractivity contribution in [3.8, 4) is 0 Å². The van der Waals surface area contributed by atoms with E-state index in [2.05, 4.69) is 32.2 Å². The lowest BCUT2D eigenvalue weighted by molar-refractivity contribution is -0.201. The van der Waals surface area contributed by atoms with Crippen LogP contribution in [0.1, 0.15) is 36.9 Å². The van der Waals surface area contributed by atoms with Gasteiger partial charge in [0.2, 0.25) is 11.8 Å². The van der Waals surface area contributed by atoms with Crippen LogP contribution in [0.15, 0.2) is 42.5 Å². The lowest BCUT2D eigenvalue weighted by atomic mass is 9.34. The number of aromatic nitrogens is 2. The Bertz CT molecular complexity index is 1020. The number of hydrogen-bond acceptors (Lipinski definition) is 6. The summed E-state index contributed by atoms with van der Waals surface area (Å²) in [6.45, 7) is 2.24. The number of nitrogens with two attached hydrogens (primary N) is 1. The van der Waals surface area contributed by atoms with E-state index in [9.17, 15) is 9.59 Å². The summed E-state index contributed by atoms with van der Waals surface area (Å²) in [4.78, 5) is 25.5.